The summed E-state index contributed by atoms with van der Waals surface area (Å²) in [5, 5.41) is 2.49. The van der Waals surface area contributed by atoms with Crippen molar-refractivity contribution in [3.05, 3.63) is 29.8 Å². The first-order valence-corrected chi connectivity index (χ1v) is 5.36. The van der Waals surface area contributed by atoms with Crippen LogP contribution < -0.4 is 10.1 Å². The van der Waals surface area contributed by atoms with E-state index in [0.717, 1.165) is 11.3 Å². The summed E-state index contributed by atoms with van der Waals surface area (Å²) >= 11 is 0. The quantitative estimate of drug-likeness (QED) is 0.783. The molecule has 1 aromatic carbocycles. The van der Waals surface area contributed by atoms with Crippen LogP contribution >= 0.6 is 0 Å². The van der Waals surface area contributed by atoms with Crippen molar-refractivity contribution in [3.63, 3.8) is 0 Å². The van der Waals surface area contributed by atoms with E-state index >= 15 is 0 Å². The molecule has 0 amide bonds. The highest BCUT2D eigenvalue weighted by atomic mass is 19.1. The van der Waals surface area contributed by atoms with E-state index in [1.54, 1.807) is 31.4 Å². The molecule has 0 aromatic heterocycles. The van der Waals surface area contributed by atoms with E-state index in [1.165, 1.54) is 0 Å². The van der Waals surface area contributed by atoms with Gasteiger partial charge in [-0.15, -0.1) is 0 Å². The van der Waals surface area contributed by atoms with Gasteiger partial charge < -0.3 is 4.74 Å². The molecule has 0 radical (unpaired) electrons. The van der Waals surface area contributed by atoms with E-state index in [9.17, 15) is 8.78 Å². The van der Waals surface area contributed by atoms with Crippen LogP contribution in [0.4, 0.5) is 8.78 Å². The average molecular weight is 227 g/mol. The number of ether oxygens (including phenoxy) is 1. The van der Waals surface area contributed by atoms with Gasteiger partial charge in [-0.05, 0) is 17.7 Å². The van der Waals surface area contributed by atoms with E-state index in [1.807, 2.05) is 0 Å². The molecule has 3 unspecified atom stereocenters. The second kappa shape index (κ2) is 4.78. The van der Waals surface area contributed by atoms with Crippen LogP contribution in [0.1, 0.15) is 17.9 Å². The maximum Gasteiger partial charge on any atom is 0.151 e. The van der Waals surface area contributed by atoms with E-state index in [4.69, 9.17) is 4.74 Å². The summed E-state index contributed by atoms with van der Waals surface area (Å²) in [5.41, 5.74) is 0.831. The molecule has 3 atom stereocenters. The van der Waals surface area contributed by atoms with Gasteiger partial charge in [0.1, 0.15) is 11.9 Å². The number of nitrogens with one attached hydrogen (secondary N) is 1. The SMILES string of the molecule is COc1ccc(C2CC(F)NCC2F)cc1. The van der Waals surface area contributed by atoms with Gasteiger partial charge in [-0.25, -0.2) is 8.78 Å². The molecule has 88 valence electrons. The van der Waals surface area contributed by atoms with Crippen LogP contribution in [-0.4, -0.2) is 26.1 Å². The highest BCUT2D eigenvalue weighted by molar-refractivity contribution is 5.30. The Morgan fingerprint density at radius 1 is 1.25 bits per heavy atom. The Labute approximate surface area is 93.6 Å². The first-order valence-electron chi connectivity index (χ1n) is 5.36. The molecular weight excluding hydrogens is 212 g/mol. The second-order valence-electron chi connectivity index (χ2n) is 4.01. The number of piperidine rings is 1. The maximum atomic E-state index is 13.6. The fraction of sp³-hybridized carbons (Fsp3) is 0.500. The molecule has 1 aliphatic heterocycles. The van der Waals surface area contributed by atoms with E-state index in [-0.39, 0.29) is 18.9 Å². The van der Waals surface area contributed by atoms with E-state index < -0.39 is 12.5 Å². The molecule has 2 rings (SSSR count). The molecular formula is C12H15F2NO. The van der Waals surface area contributed by atoms with E-state index in [0.29, 0.717) is 0 Å². The fourth-order valence-electron chi connectivity index (χ4n) is 2.03. The highest BCUT2D eigenvalue weighted by Gasteiger charge is 2.31. The van der Waals surface area contributed by atoms with Crippen molar-refractivity contribution in [2.24, 2.45) is 0 Å². The Bertz CT molecular complexity index is 341. The van der Waals surface area contributed by atoms with Crippen molar-refractivity contribution < 1.29 is 13.5 Å². The Morgan fingerprint density at radius 3 is 2.56 bits per heavy atom. The molecule has 1 saturated heterocycles. The van der Waals surface area contributed by atoms with Crippen molar-refractivity contribution in [3.8, 4) is 5.75 Å². The summed E-state index contributed by atoms with van der Waals surface area (Å²) in [6.07, 6.45) is -1.95. The molecule has 0 saturated carbocycles. The average Bonchev–Trinajstić information content (AvgIpc) is 2.32. The van der Waals surface area contributed by atoms with Gasteiger partial charge in [-0.2, -0.15) is 0 Å². The molecule has 1 fully saturated rings. The zero-order valence-electron chi connectivity index (χ0n) is 9.12. The van der Waals surface area contributed by atoms with Crippen LogP contribution in [0.25, 0.3) is 0 Å². The van der Waals surface area contributed by atoms with Gasteiger partial charge in [-0.1, -0.05) is 12.1 Å². The zero-order chi connectivity index (χ0) is 11.5. The minimum Gasteiger partial charge on any atom is -0.497 e. The summed E-state index contributed by atoms with van der Waals surface area (Å²) < 4.78 is 31.8. The third-order valence-corrected chi connectivity index (χ3v) is 2.98. The second-order valence-corrected chi connectivity index (χ2v) is 4.01. The Morgan fingerprint density at radius 2 is 1.94 bits per heavy atom. The topological polar surface area (TPSA) is 21.3 Å². The molecule has 4 heteroatoms. The first-order chi connectivity index (χ1) is 7.70. The Hall–Kier alpha value is -1.16. The minimum absolute atomic E-state index is 0.0812. The van der Waals surface area contributed by atoms with Crippen LogP contribution in [0, 0.1) is 0 Å². The lowest BCUT2D eigenvalue weighted by Gasteiger charge is -2.29. The van der Waals surface area contributed by atoms with Crippen LogP contribution in [-0.2, 0) is 0 Å². The van der Waals surface area contributed by atoms with Crippen molar-refractivity contribution in [1.82, 2.24) is 5.32 Å². The monoisotopic (exact) mass is 227 g/mol. The zero-order valence-corrected chi connectivity index (χ0v) is 9.12. The molecule has 0 bridgehead atoms. The maximum absolute atomic E-state index is 13.6. The predicted molar refractivity (Wildman–Crippen MR) is 58.1 cm³/mol. The number of hydrogen-bond donors (Lipinski definition) is 1. The smallest absolute Gasteiger partial charge is 0.151 e. The summed E-state index contributed by atoms with van der Waals surface area (Å²) in [4.78, 5) is 0. The standard InChI is InChI=1S/C12H15F2NO/c1-16-9-4-2-8(3-5-9)10-6-12(14)15-7-11(10)13/h2-5,10-12,15H,6-7H2,1H3. The van der Waals surface area contributed by atoms with Gasteiger partial charge >= 0.3 is 0 Å². The van der Waals surface area contributed by atoms with Gasteiger partial charge in [0.05, 0.1) is 7.11 Å². The number of rotatable bonds is 2. The molecule has 2 nitrogen and oxygen atoms in total. The highest BCUT2D eigenvalue weighted by Crippen LogP contribution is 2.31. The molecule has 0 spiro atoms. The Balaban J connectivity index is 2.15. The Kier molecular flexibility index (Phi) is 3.39. The number of methoxy groups -OCH3 is 1. The molecule has 1 N–H and O–H groups in total. The third kappa shape index (κ3) is 2.32. The van der Waals surface area contributed by atoms with Crippen LogP contribution in [0.5, 0.6) is 5.75 Å². The largest absolute Gasteiger partial charge is 0.497 e. The summed E-state index contributed by atoms with van der Waals surface area (Å²) in [5.74, 6) is 0.368. The van der Waals surface area contributed by atoms with Crippen molar-refractivity contribution in [2.75, 3.05) is 13.7 Å². The molecule has 16 heavy (non-hydrogen) atoms. The number of hydrogen-bond acceptors (Lipinski definition) is 2. The summed E-state index contributed by atoms with van der Waals surface area (Å²) in [7, 11) is 1.58. The predicted octanol–water partition coefficient (Wildman–Crippen LogP) is 2.41. The van der Waals surface area contributed by atoms with Gasteiger partial charge in [-0.3, -0.25) is 5.32 Å². The summed E-state index contributed by atoms with van der Waals surface area (Å²) in [6.45, 7) is 0.0812. The summed E-state index contributed by atoms with van der Waals surface area (Å²) in [6, 6.07) is 7.15. The van der Waals surface area contributed by atoms with Crippen molar-refractivity contribution in [1.29, 1.82) is 0 Å². The lowest BCUT2D eigenvalue weighted by atomic mass is 9.88. The molecule has 1 aliphatic rings. The van der Waals surface area contributed by atoms with Gasteiger partial charge in [0.15, 0.2) is 6.30 Å². The lowest BCUT2D eigenvalue weighted by molar-refractivity contribution is 0.132. The van der Waals surface area contributed by atoms with Crippen LogP contribution in [0.2, 0.25) is 0 Å². The van der Waals surface area contributed by atoms with Gasteiger partial charge in [0.25, 0.3) is 0 Å². The first kappa shape index (κ1) is 11.3. The van der Waals surface area contributed by atoms with Crippen molar-refractivity contribution >= 4 is 0 Å². The van der Waals surface area contributed by atoms with Gasteiger partial charge in [0.2, 0.25) is 0 Å². The third-order valence-electron chi connectivity index (χ3n) is 2.98. The minimum atomic E-state index is -1.11. The lowest BCUT2D eigenvalue weighted by Crippen LogP contribution is -2.41. The number of alkyl halides is 2. The van der Waals surface area contributed by atoms with Crippen LogP contribution in [0.15, 0.2) is 24.3 Å². The van der Waals surface area contributed by atoms with Crippen molar-refractivity contribution in [2.45, 2.75) is 24.8 Å². The molecule has 1 aromatic rings. The normalized spacial score (nSPS) is 30.1. The fourth-order valence-corrected chi connectivity index (χ4v) is 2.03. The number of benzene rings is 1. The van der Waals surface area contributed by atoms with E-state index in [2.05, 4.69) is 5.32 Å². The van der Waals surface area contributed by atoms with Gasteiger partial charge in [0, 0.05) is 18.9 Å². The molecule has 0 aliphatic carbocycles. The molecule has 1 heterocycles. The number of halogens is 2. The van der Waals surface area contributed by atoms with Crippen LogP contribution in [0.3, 0.4) is 0 Å².